The molecule has 0 spiro atoms. The molecule has 9 nitrogen and oxygen atoms in total. The highest BCUT2D eigenvalue weighted by Crippen LogP contribution is 2.20. The van der Waals surface area contributed by atoms with E-state index in [1.165, 1.54) is 10.4 Å². The van der Waals surface area contributed by atoms with Gasteiger partial charge in [0.2, 0.25) is 11.7 Å². The number of amides is 2. The number of carbonyl (C=O) groups excluding carboxylic acids is 2. The Hall–Kier alpha value is -3.30. The molecule has 1 fully saturated rings. The molecule has 3 aromatic rings. The topological polar surface area (TPSA) is 119 Å². The van der Waals surface area contributed by atoms with Crippen molar-refractivity contribution < 1.29 is 9.59 Å². The smallest absolute Gasteiger partial charge is 0.251 e. The van der Waals surface area contributed by atoms with E-state index in [-0.39, 0.29) is 17.7 Å². The molecule has 2 aromatic carbocycles. The lowest BCUT2D eigenvalue weighted by molar-refractivity contribution is -0.123. The molecule has 3 N–H and O–H groups in total. The molecule has 1 saturated heterocycles. The third-order valence-electron chi connectivity index (χ3n) is 6.43. The maximum atomic E-state index is 12.9. The summed E-state index contributed by atoms with van der Waals surface area (Å²) in [6, 6.07) is 14.4. The van der Waals surface area contributed by atoms with Gasteiger partial charge >= 0.3 is 0 Å². The fourth-order valence-corrected chi connectivity index (χ4v) is 4.36. The largest absolute Gasteiger partial charge is 0.369 e. The Morgan fingerprint density at radius 1 is 1.11 bits per heavy atom. The van der Waals surface area contributed by atoms with E-state index in [4.69, 9.17) is 17.3 Å². The van der Waals surface area contributed by atoms with E-state index >= 15 is 0 Å². The van der Waals surface area contributed by atoms with Crippen LogP contribution in [0.4, 0.5) is 5.69 Å². The molecule has 184 valence electrons. The van der Waals surface area contributed by atoms with E-state index in [2.05, 4.69) is 25.6 Å². The summed E-state index contributed by atoms with van der Waals surface area (Å²) in [6.45, 7) is 4.64. The summed E-state index contributed by atoms with van der Waals surface area (Å²) in [5, 5.41) is 16.2. The first kappa shape index (κ1) is 24.8. The molecule has 10 heteroatoms. The summed E-state index contributed by atoms with van der Waals surface area (Å²) in [5.41, 5.74) is 8.11. The Labute approximate surface area is 209 Å². The summed E-state index contributed by atoms with van der Waals surface area (Å²) in [6.07, 6.45) is 3.09. The zero-order chi connectivity index (χ0) is 24.8. The van der Waals surface area contributed by atoms with Gasteiger partial charge in [0.15, 0.2) is 6.04 Å². The van der Waals surface area contributed by atoms with Crippen LogP contribution in [0.5, 0.6) is 0 Å². The maximum absolute atomic E-state index is 12.9. The highest BCUT2D eigenvalue weighted by Gasteiger charge is 2.23. The van der Waals surface area contributed by atoms with Gasteiger partial charge in [0, 0.05) is 28.7 Å². The second-order valence-electron chi connectivity index (χ2n) is 8.82. The number of hydrogen-bond acceptors (Lipinski definition) is 6. The molecule has 2 amide bonds. The Balaban J connectivity index is 1.30. The number of carbonyl (C=O) groups is 2. The second kappa shape index (κ2) is 11.4. The van der Waals surface area contributed by atoms with Crippen LogP contribution in [0.2, 0.25) is 5.02 Å². The molecule has 1 aromatic heterocycles. The number of nitrogens with zero attached hydrogens (tertiary/aromatic N) is 5. The zero-order valence-corrected chi connectivity index (χ0v) is 20.5. The van der Waals surface area contributed by atoms with Gasteiger partial charge in [-0.15, -0.1) is 10.2 Å². The minimum absolute atomic E-state index is 0.0119. The van der Waals surface area contributed by atoms with Crippen LogP contribution in [0.15, 0.2) is 48.5 Å². The summed E-state index contributed by atoms with van der Waals surface area (Å²) in [7, 11) is 0. The van der Waals surface area contributed by atoms with Crippen LogP contribution in [0.25, 0.3) is 11.4 Å². The predicted molar refractivity (Wildman–Crippen MR) is 135 cm³/mol. The third kappa shape index (κ3) is 6.43. The fourth-order valence-electron chi connectivity index (χ4n) is 4.23. The van der Waals surface area contributed by atoms with Gasteiger partial charge < -0.3 is 16.0 Å². The van der Waals surface area contributed by atoms with Gasteiger partial charge in [0.05, 0.1) is 0 Å². The molecule has 2 heterocycles. The van der Waals surface area contributed by atoms with Crippen LogP contribution in [0, 0.1) is 5.92 Å². The van der Waals surface area contributed by atoms with Crippen molar-refractivity contribution in [2.45, 2.75) is 38.6 Å². The Morgan fingerprint density at radius 3 is 2.43 bits per heavy atom. The molecule has 1 unspecified atom stereocenters. The van der Waals surface area contributed by atoms with Gasteiger partial charge in [-0.3, -0.25) is 9.59 Å². The minimum atomic E-state index is -0.577. The molecule has 0 radical (unpaired) electrons. The van der Waals surface area contributed by atoms with Gasteiger partial charge in [0.25, 0.3) is 5.91 Å². The van der Waals surface area contributed by atoms with Crippen LogP contribution in [0.1, 0.15) is 37.8 Å². The third-order valence-corrected chi connectivity index (χ3v) is 6.68. The first-order chi connectivity index (χ1) is 16.9. The van der Waals surface area contributed by atoms with E-state index in [1.54, 1.807) is 12.1 Å². The summed E-state index contributed by atoms with van der Waals surface area (Å²) in [4.78, 5) is 28.0. The van der Waals surface area contributed by atoms with E-state index in [1.807, 2.05) is 43.3 Å². The summed E-state index contributed by atoms with van der Waals surface area (Å²) < 4.78 is 0. The quantitative estimate of drug-likeness (QED) is 0.470. The van der Waals surface area contributed by atoms with Gasteiger partial charge in [-0.05, 0) is 85.9 Å². The van der Waals surface area contributed by atoms with Crippen molar-refractivity contribution >= 4 is 29.1 Å². The van der Waals surface area contributed by atoms with Crippen molar-refractivity contribution in [2.24, 2.45) is 11.7 Å². The molecule has 1 aliphatic heterocycles. The molecule has 0 bridgehead atoms. The number of benzene rings is 2. The number of halogens is 1. The highest BCUT2D eigenvalue weighted by molar-refractivity contribution is 6.30. The Kier molecular flexibility index (Phi) is 8.09. The number of primary amides is 1. The van der Waals surface area contributed by atoms with Gasteiger partial charge in [-0.1, -0.05) is 30.7 Å². The number of likely N-dealkylation sites (tertiary alicyclic amines) is 1. The van der Waals surface area contributed by atoms with Crippen LogP contribution < -0.4 is 11.1 Å². The summed E-state index contributed by atoms with van der Waals surface area (Å²) >= 11 is 5.94. The van der Waals surface area contributed by atoms with Crippen molar-refractivity contribution in [1.29, 1.82) is 0 Å². The molecular weight excluding hydrogens is 466 g/mol. The predicted octanol–water partition coefficient (Wildman–Crippen LogP) is 3.32. The fraction of sp³-hybridized carbons (Fsp3) is 0.400. The normalized spacial score (nSPS) is 15.6. The van der Waals surface area contributed by atoms with Gasteiger partial charge in [-0.2, -0.15) is 4.80 Å². The monoisotopic (exact) mass is 495 g/mol. The van der Waals surface area contributed by atoms with E-state index in [9.17, 15) is 9.59 Å². The Morgan fingerprint density at radius 2 is 1.80 bits per heavy atom. The minimum Gasteiger partial charge on any atom is -0.369 e. The SMILES string of the molecule is CCC(C(=O)Nc1ccc(CCN2CCC(C(N)=O)CC2)cc1)n1nnc(-c2ccc(Cl)cc2)n1. The van der Waals surface area contributed by atoms with Crippen LogP contribution in [-0.2, 0) is 16.0 Å². The number of nitrogens with two attached hydrogens (primary N) is 1. The van der Waals surface area contributed by atoms with Crippen molar-refractivity contribution in [3.05, 3.63) is 59.1 Å². The van der Waals surface area contributed by atoms with Crippen molar-refractivity contribution in [2.75, 3.05) is 25.0 Å². The van der Waals surface area contributed by atoms with Crippen molar-refractivity contribution in [3.63, 3.8) is 0 Å². The zero-order valence-electron chi connectivity index (χ0n) is 19.7. The van der Waals surface area contributed by atoms with Crippen molar-refractivity contribution in [3.8, 4) is 11.4 Å². The molecule has 0 saturated carbocycles. The van der Waals surface area contributed by atoms with E-state index in [0.29, 0.717) is 17.3 Å². The average molecular weight is 496 g/mol. The number of anilines is 1. The molecule has 1 atom stereocenters. The Bertz CT molecular complexity index is 1140. The molecule has 4 rings (SSSR count). The lowest BCUT2D eigenvalue weighted by Crippen LogP contribution is -2.39. The van der Waals surface area contributed by atoms with Gasteiger partial charge in [0.1, 0.15) is 0 Å². The lowest BCUT2D eigenvalue weighted by Gasteiger charge is -2.30. The van der Waals surface area contributed by atoms with E-state index < -0.39 is 6.04 Å². The van der Waals surface area contributed by atoms with Crippen LogP contribution >= 0.6 is 11.6 Å². The average Bonchev–Trinajstić information content (AvgIpc) is 3.34. The number of tetrazole rings is 1. The number of rotatable bonds is 9. The molecule has 0 aliphatic carbocycles. The first-order valence-electron chi connectivity index (χ1n) is 11.9. The van der Waals surface area contributed by atoms with Crippen LogP contribution in [0.3, 0.4) is 0 Å². The highest BCUT2D eigenvalue weighted by atomic mass is 35.5. The lowest BCUT2D eigenvalue weighted by atomic mass is 9.96. The molecular formula is C25H30ClN7O2. The molecule has 1 aliphatic rings. The first-order valence-corrected chi connectivity index (χ1v) is 12.3. The standard InChI is InChI=1S/C25H30ClN7O2/c1-2-22(33-30-24(29-31-33)19-5-7-20(26)8-6-19)25(35)28-21-9-3-17(4-10-21)11-14-32-15-12-18(13-16-32)23(27)34/h3-10,18,22H,2,11-16H2,1H3,(H2,27,34)(H,28,35). The van der Waals surface area contributed by atoms with Crippen molar-refractivity contribution in [1.82, 2.24) is 25.1 Å². The number of hydrogen-bond donors (Lipinski definition) is 2. The number of nitrogens with one attached hydrogen (secondary N) is 1. The number of aromatic nitrogens is 4. The molecule has 35 heavy (non-hydrogen) atoms. The second-order valence-corrected chi connectivity index (χ2v) is 9.26. The summed E-state index contributed by atoms with van der Waals surface area (Å²) in [5.74, 6) is 0.0702. The van der Waals surface area contributed by atoms with Crippen LogP contribution in [-0.4, -0.2) is 56.6 Å². The van der Waals surface area contributed by atoms with E-state index in [0.717, 1.165) is 50.1 Å². The van der Waals surface area contributed by atoms with Gasteiger partial charge in [-0.25, -0.2) is 0 Å². The number of piperidine rings is 1. The maximum Gasteiger partial charge on any atom is 0.251 e.